The molecule has 0 unspecified atom stereocenters. The molecule has 4 rings (SSSR count). The van der Waals surface area contributed by atoms with Gasteiger partial charge < -0.3 is 10.2 Å². The number of carbonyl (C=O) groups excluding carboxylic acids is 1. The fraction of sp³-hybridized carbons (Fsp3) is 0.118. The molecule has 0 bridgehead atoms. The Hall–Kier alpha value is -2.73. The van der Waals surface area contributed by atoms with Gasteiger partial charge in [-0.2, -0.15) is 9.36 Å². The van der Waals surface area contributed by atoms with Crippen LogP contribution in [0.3, 0.4) is 0 Å². The third-order valence-electron chi connectivity index (χ3n) is 3.87. The van der Waals surface area contributed by atoms with E-state index in [2.05, 4.69) is 14.7 Å². The molecule has 1 aliphatic rings. The summed E-state index contributed by atoms with van der Waals surface area (Å²) in [5.74, 6) is 0.841. The summed E-state index contributed by atoms with van der Waals surface area (Å²) in [7, 11) is 1.80. The van der Waals surface area contributed by atoms with Crippen LogP contribution in [0.2, 0.25) is 0 Å². The summed E-state index contributed by atoms with van der Waals surface area (Å²) in [6.07, 6.45) is 0.451. The van der Waals surface area contributed by atoms with Crippen LogP contribution < -0.4 is 10.2 Å². The van der Waals surface area contributed by atoms with Crippen molar-refractivity contribution >= 4 is 33.9 Å². The van der Waals surface area contributed by atoms with E-state index >= 15 is 0 Å². The quantitative estimate of drug-likeness (QED) is 0.802. The summed E-state index contributed by atoms with van der Waals surface area (Å²) in [5, 5.41) is 4.01. The topological polar surface area (TPSA) is 58.1 Å². The number of nitrogens with one attached hydrogen (secondary N) is 1. The van der Waals surface area contributed by atoms with Crippen LogP contribution in [0.5, 0.6) is 0 Å². The number of anilines is 3. The first-order valence-corrected chi connectivity index (χ1v) is 8.04. The standard InChI is InChI=1S/C17H14N4OS/c1-21-14-8-7-13(9-12(14)10-15(21)22)18-17-19-16(20-23-17)11-5-3-2-4-6-11/h2-9H,10H2,1H3,(H,18,19,20). The van der Waals surface area contributed by atoms with Gasteiger partial charge in [0, 0.05) is 35.5 Å². The van der Waals surface area contributed by atoms with E-state index in [4.69, 9.17) is 0 Å². The predicted molar refractivity (Wildman–Crippen MR) is 92.2 cm³/mol. The predicted octanol–water partition coefficient (Wildman–Crippen LogP) is 3.47. The maximum Gasteiger partial charge on any atom is 0.231 e. The second kappa shape index (κ2) is 5.48. The van der Waals surface area contributed by atoms with Crippen LogP contribution in [-0.2, 0) is 11.2 Å². The molecule has 0 radical (unpaired) electrons. The number of hydrogen-bond acceptors (Lipinski definition) is 5. The molecule has 2 aromatic carbocycles. The number of benzene rings is 2. The van der Waals surface area contributed by atoms with Crippen LogP contribution in [0.15, 0.2) is 48.5 Å². The Bertz CT molecular complexity index is 875. The van der Waals surface area contributed by atoms with Gasteiger partial charge in [-0.1, -0.05) is 30.3 Å². The molecule has 0 aliphatic carbocycles. The molecule has 0 saturated heterocycles. The number of rotatable bonds is 3. The molecule has 1 N–H and O–H groups in total. The van der Waals surface area contributed by atoms with E-state index in [0.717, 1.165) is 27.6 Å². The average Bonchev–Trinajstić information content (AvgIpc) is 3.14. The molecule has 0 saturated carbocycles. The van der Waals surface area contributed by atoms with Gasteiger partial charge in [-0.3, -0.25) is 4.79 Å². The Morgan fingerprint density at radius 3 is 2.83 bits per heavy atom. The second-order valence-corrected chi connectivity index (χ2v) is 6.14. The third-order valence-corrected chi connectivity index (χ3v) is 4.50. The molecule has 5 nitrogen and oxygen atoms in total. The van der Waals surface area contributed by atoms with E-state index in [1.54, 1.807) is 11.9 Å². The molecular formula is C17H14N4OS. The molecular weight excluding hydrogens is 308 g/mol. The van der Waals surface area contributed by atoms with Gasteiger partial charge in [0.1, 0.15) is 0 Å². The summed E-state index contributed by atoms with van der Waals surface area (Å²) < 4.78 is 4.38. The molecule has 1 aliphatic heterocycles. The number of aromatic nitrogens is 2. The van der Waals surface area contributed by atoms with Crippen LogP contribution >= 0.6 is 11.5 Å². The molecule has 23 heavy (non-hydrogen) atoms. The smallest absolute Gasteiger partial charge is 0.231 e. The summed E-state index contributed by atoms with van der Waals surface area (Å²) in [6.45, 7) is 0. The van der Waals surface area contributed by atoms with Crippen molar-refractivity contribution in [3.63, 3.8) is 0 Å². The highest BCUT2D eigenvalue weighted by Crippen LogP contribution is 2.31. The zero-order chi connectivity index (χ0) is 15.8. The molecule has 0 fully saturated rings. The SMILES string of the molecule is CN1C(=O)Cc2cc(Nc3nc(-c4ccccc4)ns3)ccc21. The van der Waals surface area contributed by atoms with E-state index in [9.17, 15) is 4.79 Å². The van der Waals surface area contributed by atoms with Crippen LogP contribution in [0.4, 0.5) is 16.5 Å². The summed E-state index contributed by atoms with van der Waals surface area (Å²) >= 11 is 1.32. The van der Waals surface area contributed by atoms with Crippen molar-refractivity contribution in [3.05, 3.63) is 54.1 Å². The largest absolute Gasteiger partial charge is 0.330 e. The zero-order valence-corrected chi connectivity index (χ0v) is 13.3. The number of likely N-dealkylation sites (N-methyl/N-ethyl adjacent to an activating group) is 1. The molecule has 3 aromatic rings. The lowest BCUT2D eigenvalue weighted by atomic mass is 10.1. The highest BCUT2D eigenvalue weighted by atomic mass is 32.1. The van der Waals surface area contributed by atoms with E-state index in [1.807, 2.05) is 48.5 Å². The monoisotopic (exact) mass is 322 g/mol. The van der Waals surface area contributed by atoms with Gasteiger partial charge >= 0.3 is 0 Å². The Morgan fingerprint density at radius 2 is 2.00 bits per heavy atom. The first kappa shape index (κ1) is 13.9. The fourth-order valence-corrected chi connectivity index (χ4v) is 3.26. The minimum Gasteiger partial charge on any atom is -0.330 e. The Kier molecular flexibility index (Phi) is 3.31. The number of hydrogen-bond donors (Lipinski definition) is 1. The van der Waals surface area contributed by atoms with Crippen molar-refractivity contribution in [2.24, 2.45) is 0 Å². The number of carbonyl (C=O) groups is 1. The normalized spacial score (nSPS) is 13.3. The van der Waals surface area contributed by atoms with E-state index in [1.165, 1.54) is 11.5 Å². The van der Waals surface area contributed by atoms with Gasteiger partial charge in [-0.25, -0.2) is 0 Å². The second-order valence-electron chi connectivity index (χ2n) is 5.39. The molecule has 0 spiro atoms. The molecule has 1 amide bonds. The lowest BCUT2D eigenvalue weighted by Crippen LogP contribution is -2.20. The van der Waals surface area contributed by atoms with Gasteiger partial charge in [0.2, 0.25) is 11.0 Å². The molecule has 114 valence electrons. The zero-order valence-electron chi connectivity index (χ0n) is 12.5. The van der Waals surface area contributed by atoms with Crippen molar-refractivity contribution < 1.29 is 4.79 Å². The van der Waals surface area contributed by atoms with Crippen LogP contribution in [0.25, 0.3) is 11.4 Å². The molecule has 6 heteroatoms. The molecule has 1 aromatic heterocycles. The van der Waals surface area contributed by atoms with Gasteiger partial charge in [0.05, 0.1) is 6.42 Å². The summed E-state index contributed by atoms with van der Waals surface area (Å²) in [4.78, 5) is 18.0. The van der Waals surface area contributed by atoms with Crippen LogP contribution in [-0.4, -0.2) is 22.3 Å². The van der Waals surface area contributed by atoms with Gasteiger partial charge in [-0.05, 0) is 23.8 Å². The highest BCUT2D eigenvalue weighted by Gasteiger charge is 2.23. The van der Waals surface area contributed by atoms with Gasteiger partial charge in [0.15, 0.2) is 5.82 Å². The number of fused-ring (bicyclic) bond motifs is 1. The Balaban J connectivity index is 1.57. The maximum absolute atomic E-state index is 11.7. The van der Waals surface area contributed by atoms with Crippen LogP contribution in [0, 0.1) is 0 Å². The van der Waals surface area contributed by atoms with Crippen LogP contribution in [0.1, 0.15) is 5.56 Å². The van der Waals surface area contributed by atoms with Gasteiger partial charge in [0.25, 0.3) is 0 Å². The van der Waals surface area contributed by atoms with E-state index in [0.29, 0.717) is 12.2 Å². The lowest BCUT2D eigenvalue weighted by molar-refractivity contribution is -0.117. The Morgan fingerprint density at radius 1 is 1.17 bits per heavy atom. The first-order chi connectivity index (χ1) is 11.2. The first-order valence-electron chi connectivity index (χ1n) is 7.26. The Labute approximate surface area is 137 Å². The van der Waals surface area contributed by atoms with Crippen molar-refractivity contribution in [2.45, 2.75) is 6.42 Å². The molecule has 2 heterocycles. The summed E-state index contributed by atoms with van der Waals surface area (Å²) in [6, 6.07) is 15.8. The van der Waals surface area contributed by atoms with Crippen molar-refractivity contribution in [1.29, 1.82) is 0 Å². The molecule has 0 atom stereocenters. The fourth-order valence-electron chi connectivity index (χ4n) is 2.65. The summed E-state index contributed by atoms with van der Waals surface area (Å²) in [5.41, 5.74) is 3.93. The number of amides is 1. The lowest BCUT2D eigenvalue weighted by Gasteiger charge is -2.10. The highest BCUT2D eigenvalue weighted by molar-refractivity contribution is 7.09. The average molecular weight is 322 g/mol. The third kappa shape index (κ3) is 2.57. The maximum atomic E-state index is 11.7. The van der Waals surface area contributed by atoms with Crippen molar-refractivity contribution in [3.8, 4) is 11.4 Å². The van der Waals surface area contributed by atoms with E-state index < -0.39 is 0 Å². The van der Waals surface area contributed by atoms with Crippen molar-refractivity contribution in [1.82, 2.24) is 9.36 Å². The van der Waals surface area contributed by atoms with Crippen molar-refractivity contribution in [2.75, 3.05) is 17.3 Å². The number of nitrogens with zero attached hydrogens (tertiary/aromatic N) is 3. The minimum absolute atomic E-state index is 0.124. The van der Waals surface area contributed by atoms with E-state index in [-0.39, 0.29) is 5.91 Å². The minimum atomic E-state index is 0.124. The van der Waals surface area contributed by atoms with Gasteiger partial charge in [-0.15, -0.1) is 0 Å².